The van der Waals surface area contributed by atoms with E-state index in [1.54, 1.807) is 0 Å². The van der Waals surface area contributed by atoms with Crippen LogP contribution in [0.1, 0.15) is 11.1 Å². The van der Waals surface area contributed by atoms with Crippen molar-refractivity contribution in [2.45, 2.75) is 6.54 Å². The minimum atomic E-state index is 0.883. The van der Waals surface area contributed by atoms with Gasteiger partial charge in [0.2, 0.25) is 0 Å². The number of rotatable bonds is 6. The highest BCUT2D eigenvalue weighted by Crippen LogP contribution is 2.17. The molecule has 23 heavy (non-hydrogen) atoms. The zero-order valence-corrected chi connectivity index (χ0v) is 13.2. The van der Waals surface area contributed by atoms with Crippen LogP contribution < -0.4 is 4.90 Å². The van der Waals surface area contributed by atoms with Gasteiger partial charge in [-0.05, 0) is 23.3 Å². The molecule has 0 saturated carbocycles. The van der Waals surface area contributed by atoms with Crippen LogP contribution in [0.4, 0.5) is 5.69 Å². The van der Waals surface area contributed by atoms with E-state index < -0.39 is 0 Å². The number of benzene rings is 3. The lowest BCUT2D eigenvalue weighted by Crippen LogP contribution is -2.22. The fourth-order valence-electron chi connectivity index (χ4n) is 2.58. The van der Waals surface area contributed by atoms with Crippen molar-refractivity contribution in [2.75, 3.05) is 11.4 Å². The van der Waals surface area contributed by atoms with E-state index in [4.69, 9.17) is 0 Å². The molecule has 0 radical (unpaired) electrons. The Hall–Kier alpha value is -2.80. The van der Waals surface area contributed by atoms with Gasteiger partial charge in [-0.1, -0.05) is 91.0 Å². The Morgan fingerprint density at radius 3 is 1.87 bits per heavy atom. The molecule has 114 valence electrons. The lowest BCUT2D eigenvalue weighted by Gasteiger charge is -2.23. The van der Waals surface area contributed by atoms with Gasteiger partial charge in [-0.3, -0.25) is 0 Å². The molecular weight excluding hydrogens is 278 g/mol. The van der Waals surface area contributed by atoms with E-state index in [2.05, 4.69) is 102 Å². The van der Waals surface area contributed by atoms with E-state index in [9.17, 15) is 0 Å². The molecule has 0 aliphatic heterocycles. The van der Waals surface area contributed by atoms with E-state index in [1.165, 1.54) is 16.8 Å². The number of hydrogen-bond acceptors (Lipinski definition) is 1. The van der Waals surface area contributed by atoms with Gasteiger partial charge in [-0.2, -0.15) is 0 Å². The average Bonchev–Trinajstić information content (AvgIpc) is 2.63. The molecular formula is C22H21N. The first-order valence-corrected chi connectivity index (χ1v) is 7.97. The Labute approximate surface area is 138 Å². The van der Waals surface area contributed by atoms with Gasteiger partial charge >= 0.3 is 0 Å². The van der Waals surface area contributed by atoms with Crippen molar-refractivity contribution < 1.29 is 0 Å². The van der Waals surface area contributed by atoms with Crippen molar-refractivity contribution >= 4 is 11.8 Å². The van der Waals surface area contributed by atoms with Gasteiger partial charge in [0.05, 0.1) is 0 Å². The van der Waals surface area contributed by atoms with Gasteiger partial charge in [0.1, 0.15) is 0 Å². The van der Waals surface area contributed by atoms with Crippen molar-refractivity contribution in [3.8, 4) is 0 Å². The molecule has 1 heteroatoms. The number of para-hydroxylation sites is 1. The maximum atomic E-state index is 2.38. The van der Waals surface area contributed by atoms with Crippen LogP contribution >= 0.6 is 0 Å². The SMILES string of the molecule is C(=C\c1ccccc1)/CN(Cc1ccccc1)c1ccccc1. The summed E-state index contributed by atoms with van der Waals surface area (Å²) in [5.74, 6) is 0. The average molecular weight is 299 g/mol. The quantitative estimate of drug-likeness (QED) is 0.588. The van der Waals surface area contributed by atoms with Crippen LogP contribution in [0.15, 0.2) is 97.1 Å². The predicted octanol–water partition coefficient (Wildman–Crippen LogP) is 5.41. The second-order valence-corrected chi connectivity index (χ2v) is 5.51. The maximum Gasteiger partial charge on any atom is 0.0432 e. The fourth-order valence-corrected chi connectivity index (χ4v) is 2.58. The molecule has 0 spiro atoms. The third-order valence-electron chi connectivity index (χ3n) is 3.77. The summed E-state index contributed by atoms with van der Waals surface area (Å²) in [4.78, 5) is 2.38. The molecule has 0 aliphatic rings. The molecule has 0 amide bonds. The van der Waals surface area contributed by atoms with Crippen molar-refractivity contribution in [3.05, 3.63) is 108 Å². The summed E-state index contributed by atoms with van der Waals surface area (Å²) in [6.07, 6.45) is 4.41. The van der Waals surface area contributed by atoms with Gasteiger partial charge in [-0.15, -0.1) is 0 Å². The third-order valence-corrected chi connectivity index (χ3v) is 3.77. The Kier molecular flexibility index (Phi) is 5.25. The molecule has 0 aliphatic carbocycles. The van der Waals surface area contributed by atoms with Crippen LogP contribution in [0, 0.1) is 0 Å². The van der Waals surface area contributed by atoms with E-state index in [0.29, 0.717) is 0 Å². The number of hydrogen-bond donors (Lipinski definition) is 0. The number of nitrogens with zero attached hydrogens (tertiary/aromatic N) is 1. The van der Waals surface area contributed by atoms with Crippen molar-refractivity contribution in [1.29, 1.82) is 0 Å². The van der Waals surface area contributed by atoms with E-state index >= 15 is 0 Å². The predicted molar refractivity (Wildman–Crippen MR) is 99.4 cm³/mol. The second-order valence-electron chi connectivity index (χ2n) is 5.51. The Balaban J connectivity index is 1.74. The standard InChI is InChI=1S/C22H21N/c1-4-11-20(12-5-1)15-10-18-23(22-16-8-3-9-17-22)19-21-13-6-2-7-14-21/h1-17H,18-19H2/b15-10+. The minimum absolute atomic E-state index is 0.883. The van der Waals surface area contributed by atoms with Gasteiger partial charge in [-0.25, -0.2) is 0 Å². The summed E-state index contributed by atoms with van der Waals surface area (Å²) < 4.78 is 0. The summed E-state index contributed by atoms with van der Waals surface area (Å²) in [7, 11) is 0. The van der Waals surface area contributed by atoms with Gasteiger partial charge in [0.25, 0.3) is 0 Å². The summed E-state index contributed by atoms with van der Waals surface area (Å²) in [5.41, 5.74) is 3.80. The molecule has 3 aromatic rings. The van der Waals surface area contributed by atoms with Crippen molar-refractivity contribution in [1.82, 2.24) is 0 Å². The molecule has 0 bridgehead atoms. The summed E-state index contributed by atoms with van der Waals surface area (Å²) in [5, 5.41) is 0. The Bertz CT molecular complexity index is 718. The second kappa shape index (κ2) is 8.00. The van der Waals surface area contributed by atoms with Crippen LogP contribution in [0.25, 0.3) is 6.08 Å². The summed E-state index contributed by atoms with van der Waals surface area (Å²) in [6.45, 7) is 1.79. The fraction of sp³-hybridized carbons (Fsp3) is 0.0909. The zero-order chi connectivity index (χ0) is 15.7. The maximum absolute atomic E-state index is 2.38. The number of anilines is 1. The smallest absolute Gasteiger partial charge is 0.0432 e. The van der Waals surface area contributed by atoms with Crippen LogP contribution in [0.5, 0.6) is 0 Å². The minimum Gasteiger partial charge on any atom is -0.363 e. The molecule has 3 rings (SSSR count). The van der Waals surface area contributed by atoms with Crippen LogP contribution in [0.2, 0.25) is 0 Å². The van der Waals surface area contributed by atoms with Crippen LogP contribution in [0.3, 0.4) is 0 Å². The summed E-state index contributed by atoms with van der Waals surface area (Å²) >= 11 is 0. The first-order chi connectivity index (χ1) is 11.4. The first kappa shape index (κ1) is 15.1. The highest BCUT2D eigenvalue weighted by atomic mass is 15.1. The summed E-state index contributed by atoms with van der Waals surface area (Å²) in [6, 6.07) is 31.6. The largest absolute Gasteiger partial charge is 0.363 e. The molecule has 1 nitrogen and oxygen atoms in total. The molecule has 0 aromatic heterocycles. The van der Waals surface area contributed by atoms with Crippen molar-refractivity contribution in [3.63, 3.8) is 0 Å². The Morgan fingerprint density at radius 1 is 0.652 bits per heavy atom. The molecule has 0 heterocycles. The highest BCUT2D eigenvalue weighted by molar-refractivity contribution is 5.52. The lowest BCUT2D eigenvalue weighted by molar-refractivity contribution is 0.868. The molecule has 0 atom stereocenters. The normalized spacial score (nSPS) is 10.8. The van der Waals surface area contributed by atoms with Crippen LogP contribution in [-0.4, -0.2) is 6.54 Å². The van der Waals surface area contributed by atoms with Crippen LogP contribution in [-0.2, 0) is 6.54 Å². The first-order valence-electron chi connectivity index (χ1n) is 7.97. The molecule has 0 N–H and O–H groups in total. The third kappa shape index (κ3) is 4.58. The van der Waals surface area contributed by atoms with E-state index in [1.807, 2.05) is 6.07 Å². The molecule has 3 aromatic carbocycles. The van der Waals surface area contributed by atoms with E-state index in [0.717, 1.165) is 13.1 Å². The van der Waals surface area contributed by atoms with Crippen molar-refractivity contribution in [2.24, 2.45) is 0 Å². The monoisotopic (exact) mass is 299 g/mol. The molecule has 0 unspecified atom stereocenters. The molecule has 0 fully saturated rings. The van der Waals surface area contributed by atoms with E-state index in [-0.39, 0.29) is 0 Å². The zero-order valence-electron chi connectivity index (χ0n) is 13.2. The van der Waals surface area contributed by atoms with Gasteiger partial charge in [0.15, 0.2) is 0 Å². The Morgan fingerprint density at radius 2 is 1.22 bits per heavy atom. The topological polar surface area (TPSA) is 3.24 Å². The molecule has 0 saturated heterocycles. The highest BCUT2D eigenvalue weighted by Gasteiger charge is 2.05. The lowest BCUT2D eigenvalue weighted by atomic mass is 10.2. The van der Waals surface area contributed by atoms with Gasteiger partial charge < -0.3 is 4.90 Å². The van der Waals surface area contributed by atoms with Gasteiger partial charge in [0, 0.05) is 18.8 Å².